The molecule has 5 rings (SSSR count). The standard InChI is InChI=1S/C32H34ClFN4O4/c1-21(2)42-28-9-4-6-23(16-28)19-36-15-14-32(18-22(36)3)30(40)37(20-29(39)35-26-12-10-24(33)11-13-26)31(41)38(32)27-8-5-7-25(34)17-27/h4-13,16-17,21-22H,14-15,18-20H2,1-3H3,(H,35,39). The first kappa shape index (κ1) is 29.5. The number of ether oxygens (including phenoxy) is 1. The maximum atomic E-state index is 14.3. The van der Waals surface area contributed by atoms with E-state index >= 15 is 0 Å². The Morgan fingerprint density at radius 2 is 1.83 bits per heavy atom. The minimum atomic E-state index is -1.25. The Labute approximate surface area is 250 Å². The van der Waals surface area contributed by atoms with Gasteiger partial charge in [0.05, 0.1) is 6.10 Å². The van der Waals surface area contributed by atoms with E-state index in [0.717, 1.165) is 16.2 Å². The summed E-state index contributed by atoms with van der Waals surface area (Å²) in [4.78, 5) is 45.5. The van der Waals surface area contributed by atoms with Gasteiger partial charge in [0.2, 0.25) is 5.91 Å². The van der Waals surface area contributed by atoms with Crippen LogP contribution >= 0.6 is 11.6 Å². The molecule has 2 heterocycles. The number of hydrogen-bond donors (Lipinski definition) is 1. The van der Waals surface area contributed by atoms with Crippen molar-refractivity contribution in [2.45, 2.75) is 57.8 Å². The highest BCUT2D eigenvalue weighted by Crippen LogP contribution is 2.43. The second kappa shape index (κ2) is 12.1. The smallest absolute Gasteiger partial charge is 0.332 e. The molecule has 1 N–H and O–H groups in total. The van der Waals surface area contributed by atoms with Crippen molar-refractivity contribution in [2.24, 2.45) is 0 Å². The summed E-state index contributed by atoms with van der Waals surface area (Å²) < 4.78 is 20.2. The van der Waals surface area contributed by atoms with E-state index in [1.54, 1.807) is 30.3 Å². The van der Waals surface area contributed by atoms with Gasteiger partial charge in [-0.3, -0.25) is 24.3 Å². The number of imide groups is 1. The molecule has 3 aromatic rings. The van der Waals surface area contributed by atoms with Gasteiger partial charge < -0.3 is 10.1 Å². The van der Waals surface area contributed by atoms with Crippen molar-refractivity contribution in [1.29, 1.82) is 0 Å². The van der Waals surface area contributed by atoms with Gasteiger partial charge in [-0.2, -0.15) is 0 Å². The van der Waals surface area contributed by atoms with Gasteiger partial charge in [0, 0.05) is 35.5 Å². The van der Waals surface area contributed by atoms with E-state index < -0.39 is 35.7 Å². The fourth-order valence-corrected chi connectivity index (χ4v) is 5.98. The highest BCUT2D eigenvalue weighted by atomic mass is 35.5. The third-order valence-corrected chi connectivity index (χ3v) is 7.97. The summed E-state index contributed by atoms with van der Waals surface area (Å²) >= 11 is 5.93. The minimum absolute atomic E-state index is 0.0601. The molecule has 220 valence electrons. The molecule has 2 fully saturated rings. The van der Waals surface area contributed by atoms with Crippen LogP contribution in [0.3, 0.4) is 0 Å². The van der Waals surface area contributed by atoms with Crippen LogP contribution in [0.2, 0.25) is 5.02 Å². The number of rotatable bonds is 8. The number of likely N-dealkylation sites (tertiary alicyclic amines) is 1. The molecule has 4 amide bonds. The van der Waals surface area contributed by atoms with Crippen LogP contribution in [-0.2, 0) is 16.1 Å². The number of benzene rings is 3. The predicted molar refractivity (Wildman–Crippen MR) is 160 cm³/mol. The molecule has 2 unspecified atom stereocenters. The molecule has 0 bridgehead atoms. The van der Waals surface area contributed by atoms with E-state index in [-0.39, 0.29) is 17.8 Å². The van der Waals surface area contributed by atoms with Crippen molar-refractivity contribution < 1.29 is 23.5 Å². The summed E-state index contributed by atoms with van der Waals surface area (Å²) in [5, 5.41) is 3.23. The second-order valence-corrected chi connectivity index (χ2v) is 11.6. The van der Waals surface area contributed by atoms with E-state index in [2.05, 4.69) is 10.2 Å². The number of hydrogen-bond acceptors (Lipinski definition) is 5. The van der Waals surface area contributed by atoms with E-state index in [9.17, 15) is 18.8 Å². The highest BCUT2D eigenvalue weighted by molar-refractivity contribution is 6.30. The Kier molecular flexibility index (Phi) is 8.52. The van der Waals surface area contributed by atoms with E-state index in [0.29, 0.717) is 36.6 Å². The lowest BCUT2D eigenvalue weighted by molar-refractivity contribution is -0.135. The van der Waals surface area contributed by atoms with Gasteiger partial charge in [-0.1, -0.05) is 29.8 Å². The van der Waals surface area contributed by atoms with Crippen LogP contribution in [0.1, 0.15) is 39.2 Å². The van der Waals surface area contributed by atoms with Crippen molar-refractivity contribution in [3.63, 3.8) is 0 Å². The van der Waals surface area contributed by atoms with Crippen molar-refractivity contribution in [3.05, 3.63) is 89.2 Å². The minimum Gasteiger partial charge on any atom is -0.491 e. The Morgan fingerprint density at radius 3 is 2.52 bits per heavy atom. The molecule has 0 aliphatic carbocycles. The summed E-state index contributed by atoms with van der Waals surface area (Å²) in [7, 11) is 0. The molecule has 2 atom stereocenters. The van der Waals surface area contributed by atoms with Gasteiger partial charge in [0.25, 0.3) is 5.91 Å². The largest absolute Gasteiger partial charge is 0.491 e. The Bertz CT molecular complexity index is 1480. The fourth-order valence-electron chi connectivity index (χ4n) is 5.85. The first-order valence-corrected chi connectivity index (χ1v) is 14.4. The van der Waals surface area contributed by atoms with Crippen LogP contribution in [0.4, 0.5) is 20.6 Å². The third kappa shape index (κ3) is 6.12. The second-order valence-electron chi connectivity index (χ2n) is 11.2. The summed E-state index contributed by atoms with van der Waals surface area (Å²) in [6, 6.07) is 19.4. The SMILES string of the molecule is CC(C)Oc1cccc(CN2CCC3(CC2C)C(=O)N(CC(=O)Nc2ccc(Cl)cc2)C(=O)N3c2cccc(F)c2)c1. The maximum absolute atomic E-state index is 14.3. The van der Waals surface area contributed by atoms with Gasteiger partial charge in [-0.05, 0) is 93.8 Å². The normalized spacial score (nSPS) is 21.0. The van der Waals surface area contributed by atoms with E-state index in [1.165, 1.54) is 23.1 Å². The molecular weight excluding hydrogens is 559 g/mol. The van der Waals surface area contributed by atoms with Crippen LogP contribution in [0, 0.1) is 5.82 Å². The van der Waals surface area contributed by atoms with Crippen LogP contribution in [0.15, 0.2) is 72.8 Å². The van der Waals surface area contributed by atoms with E-state index in [1.807, 2.05) is 45.0 Å². The van der Waals surface area contributed by atoms with Crippen molar-refractivity contribution in [1.82, 2.24) is 9.80 Å². The molecule has 2 aliphatic rings. The van der Waals surface area contributed by atoms with Crippen LogP contribution in [-0.4, -0.2) is 58.4 Å². The zero-order valence-electron chi connectivity index (χ0n) is 23.8. The summed E-state index contributed by atoms with van der Waals surface area (Å²) in [6.45, 7) is 6.68. The molecule has 0 radical (unpaired) electrons. The van der Waals surface area contributed by atoms with Gasteiger partial charge in [-0.15, -0.1) is 0 Å². The zero-order valence-corrected chi connectivity index (χ0v) is 24.6. The average molecular weight is 593 g/mol. The third-order valence-electron chi connectivity index (χ3n) is 7.71. The first-order valence-electron chi connectivity index (χ1n) is 14.0. The summed E-state index contributed by atoms with van der Waals surface area (Å²) in [5.41, 5.74) is 0.606. The van der Waals surface area contributed by atoms with Crippen LogP contribution in [0.25, 0.3) is 0 Å². The fraction of sp³-hybridized carbons (Fsp3) is 0.344. The van der Waals surface area contributed by atoms with Gasteiger partial charge in [-0.25, -0.2) is 9.18 Å². The number of nitrogens with one attached hydrogen (secondary N) is 1. The number of carbonyl (C=O) groups excluding carboxylic acids is 3. The topological polar surface area (TPSA) is 82.2 Å². The molecule has 0 aromatic heterocycles. The Morgan fingerprint density at radius 1 is 1.10 bits per heavy atom. The number of halogens is 2. The zero-order chi connectivity index (χ0) is 30.0. The number of carbonyl (C=O) groups is 3. The monoisotopic (exact) mass is 592 g/mol. The first-order chi connectivity index (χ1) is 20.1. The molecule has 2 saturated heterocycles. The molecule has 8 nitrogen and oxygen atoms in total. The average Bonchev–Trinajstić information content (AvgIpc) is 3.12. The van der Waals surface area contributed by atoms with Crippen molar-refractivity contribution in [2.75, 3.05) is 23.3 Å². The molecule has 0 saturated carbocycles. The van der Waals surface area contributed by atoms with Crippen LogP contribution in [0.5, 0.6) is 5.75 Å². The lowest BCUT2D eigenvalue weighted by Gasteiger charge is -2.45. The number of nitrogens with zero attached hydrogens (tertiary/aromatic N) is 3. The van der Waals surface area contributed by atoms with Gasteiger partial charge in [0.15, 0.2) is 0 Å². The molecule has 1 spiro atoms. The van der Waals surface area contributed by atoms with E-state index in [4.69, 9.17) is 16.3 Å². The maximum Gasteiger partial charge on any atom is 0.332 e. The van der Waals surface area contributed by atoms with Crippen molar-refractivity contribution in [3.8, 4) is 5.75 Å². The lowest BCUT2D eigenvalue weighted by Crippen LogP contribution is -2.59. The molecule has 10 heteroatoms. The van der Waals surface area contributed by atoms with Gasteiger partial charge in [0.1, 0.15) is 23.7 Å². The molecular formula is C32H34ClFN4O4. The quantitative estimate of drug-likeness (QED) is 0.320. The highest BCUT2D eigenvalue weighted by Gasteiger charge is 2.60. The predicted octanol–water partition coefficient (Wildman–Crippen LogP) is 6.10. The number of amides is 4. The Hall–Kier alpha value is -3.95. The Balaban J connectivity index is 1.38. The molecule has 3 aromatic carbocycles. The number of anilines is 2. The summed E-state index contributed by atoms with van der Waals surface area (Å²) in [5.74, 6) is -0.702. The number of piperidine rings is 1. The molecule has 2 aliphatic heterocycles. The van der Waals surface area contributed by atoms with Gasteiger partial charge >= 0.3 is 6.03 Å². The summed E-state index contributed by atoms with van der Waals surface area (Å²) in [6.07, 6.45) is 0.714. The number of urea groups is 1. The lowest BCUT2D eigenvalue weighted by atomic mass is 9.81. The van der Waals surface area contributed by atoms with Crippen LogP contribution < -0.4 is 15.0 Å². The molecule has 42 heavy (non-hydrogen) atoms. The van der Waals surface area contributed by atoms with Crippen molar-refractivity contribution >= 4 is 40.8 Å².